The van der Waals surface area contributed by atoms with Crippen LogP contribution in [-0.4, -0.2) is 43.3 Å². The molecule has 0 saturated heterocycles. The highest BCUT2D eigenvalue weighted by molar-refractivity contribution is 5.94. The monoisotopic (exact) mass is 531 g/mol. The van der Waals surface area contributed by atoms with Gasteiger partial charge in [-0.15, -0.1) is 0 Å². The van der Waals surface area contributed by atoms with Crippen LogP contribution in [0.5, 0.6) is 17.2 Å². The number of ether oxygens (including phenoxy) is 4. The average molecular weight is 532 g/mol. The number of benzene rings is 3. The molecule has 0 radical (unpaired) electrons. The van der Waals surface area contributed by atoms with Crippen molar-refractivity contribution in [3.05, 3.63) is 77.9 Å². The van der Waals surface area contributed by atoms with Crippen molar-refractivity contribution in [2.75, 3.05) is 26.6 Å². The Balaban J connectivity index is 1.31. The highest BCUT2D eigenvalue weighted by Gasteiger charge is 2.17. The molecule has 1 aliphatic heterocycles. The fraction of sp³-hybridized carbons (Fsp3) is 0.375. The molecular formula is C32H37NO6. The molecule has 7 heteroatoms. The quantitative estimate of drug-likeness (QED) is 0.172. The van der Waals surface area contributed by atoms with Gasteiger partial charge in [0.1, 0.15) is 5.75 Å². The van der Waals surface area contributed by atoms with E-state index < -0.39 is 0 Å². The third kappa shape index (κ3) is 7.99. The van der Waals surface area contributed by atoms with Gasteiger partial charge >= 0.3 is 5.97 Å². The molecule has 0 aliphatic carbocycles. The third-order valence-corrected chi connectivity index (χ3v) is 6.49. The number of esters is 1. The van der Waals surface area contributed by atoms with E-state index in [1.165, 1.54) is 0 Å². The maximum Gasteiger partial charge on any atom is 0.305 e. The van der Waals surface area contributed by atoms with Crippen LogP contribution in [-0.2, 0) is 16.1 Å². The van der Waals surface area contributed by atoms with Crippen LogP contribution in [0.4, 0.5) is 0 Å². The van der Waals surface area contributed by atoms with E-state index in [-0.39, 0.29) is 18.7 Å². The number of hydrogen-bond donors (Lipinski definition) is 0. The summed E-state index contributed by atoms with van der Waals surface area (Å²) in [5.74, 6) is 2.14. The minimum Gasteiger partial charge on any atom is -0.494 e. The number of amides is 1. The van der Waals surface area contributed by atoms with Gasteiger partial charge in [0.2, 0.25) is 6.79 Å². The summed E-state index contributed by atoms with van der Waals surface area (Å²) in [7, 11) is 0. The Morgan fingerprint density at radius 2 is 1.67 bits per heavy atom. The van der Waals surface area contributed by atoms with Crippen LogP contribution in [0, 0.1) is 0 Å². The number of carbonyl (C=O) groups excluding carboxylic acids is 2. The largest absolute Gasteiger partial charge is 0.494 e. The van der Waals surface area contributed by atoms with Gasteiger partial charge in [-0.3, -0.25) is 9.59 Å². The third-order valence-electron chi connectivity index (χ3n) is 6.49. The average Bonchev–Trinajstić information content (AvgIpc) is 3.43. The van der Waals surface area contributed by atoms with Gasteiger partial charge in [0.25, 0.3) is 5.91 Å². The first-order valence-electron chi connectivity index (χ1n) is 13.7. The zero-order valence-electron chi connectivity index (χ0n) is 22.8. The zero-order valence-corrected chi connectivity index (χ0v) is 22.8. The Hall–Kier alpha value is -4.00. The highest BCUT2D eigenvalue weighted by Crippen LogP contribution is 2.36. The maximum atomic E-state index is 13.4. The van der Waals surface area contributed by atoms with Crippen LogP contribution in [0.25, 0.3) is 11.1 Å². The van der Waals surface area contributed by atoms with E-state index in [1.807, 2.05) is 78.6 Å². The van der Waals surface area contributed by atoms with Crippen LogP contribution in [0.2, 0.25) is 0 Å². The van der Waals surface area contributed by atoms with Crippen molar-refractivity contribution in [3.63, 3.8) is 0 Å². The minimum atomic E-state index is -0.141. The molecule has 0 N–H and O–H groups in total. The smallest absolute Gasteiger partial charge is 0.305 e. The van der Waals surface area contributed by atoms with Crippen LogP contribution < -0.4 is 14.2 Å². The number of unbranched alkanes of at least 4 members (excludes halogenated alkanes) is 2. The van der Waals surface area contributed by atoms with Crippen molar-refractivity contribution in [1.82, 2.24) is 4.90 Å². The topological polar surface area (TPSA) is 74.3 Å². The van der Waals surface area contributed by atoms with E-state index in [0.717, 1.165) is 59.6 Å². The summed E-state index contributed by atoms with van der Waals surface area (Å²) in [5, 5.41) is 0. The first kappa shape index (κ1) is 28.0. The molecule has 1 amide bonds. The van der Waals surface area contributed by atoms with Gasteiger partial charge in [0.15, 0.2) is 11.5 Å². The van der Waals surface area contributed by atoms with E-state index >= 15 is 0 Å². The van der Waals surface area contributed by atoms with Gasteiger partial charge in [0.05, 0.1) is 13.2 Å². The molecule has 206 valence electrons. The summed E-state index contributed by atoms with van der Waals surface area (Å²) in [6, 6.07) is 21.5. The van der Waals surface area contributed by atoms with Crippen molar-refractivity contribution >= 4 is 11.9 Å². The van der Waals surface area contributed by atoms with Gasteiger partial charge in [0, 0.05) is 25.1 Å². The Morgan fingerprint density at radius 1 is 0.872 bits per heavy atom. The van der Waals surface area contributed by atoms with Crippen molar-refractivity contribution in [2.24, 2.45) is 0 Å². The zero-order chi connectivity index (χ0) is 27.5. The molecule has 1 heterocycles. The van der Waals surface area contributed by atoms with Gasteiger partial charge in [-0.25, -0.2) is 0 Å². The fourth-order valence-corrected chi connectivity index (χ4v) is 4.51. The molecule has 39 heavy (non-hydrogen) atoms. The molecule has 0 spiro atoms. The van der Waals surface area contributed by atoms with E-state index in [2.05, 4.69) is 6.92 Å². The molecule has 3 aromatic carbocycles. The first-order chi connectivity index (χ1) is 19.1. The molecule has 7 nitrogen and oxygen atoms in total. The predicted molar refractivity (Wildman–Crippen MR) is 150 cm³/mol. The van der Waals surface area contributed by atoms with Crippen molar-refractivity contribution in [2.45, 2.75) is 52.5 Å². The summed E-state index contributed by atoms with van der Waals surface area (Å²) in [6.07, 6.45) is 3.89. The molecule has 0 fully saturated rings. The summed E-state index contributed by atoms with van der Waals surface area (Å²) >= 11 is 0. The molecule has 4 rings (SSSR count). The van der Waals surface area contributed by atoms with E-state index in [1.54, 1.807) is 0 Å². The Morgan fingerprint density at radius 3 is 2.46 bits per heavy atom. The Bertz CT molecular complexity index is 1240. The lowest BCUT2D eigenvalue weighted by Crippen LogP contribution is -2.31. The molecule has 0 aromatic heterocycles. The van der Waals surface area contributed by atoms with Crippen molar-refractivity contribution < 1.29 is 28.5 Å². The second-order valence-electron chi connectivity index (χ2n) is 9.48. The van der Waals surface area contributed by atoms with E-state index in [4.69, 9.17) is 18.9 Å². The predicted octanol–water partition coefficient (Wildman–Crippen LogP) is 6.64. The molecule has 0 unspecified atom stereocenters. The number of rotatable bonds is 14. The van der Waals surface area contributed by atoms with Crippen molar-refractivity contribution in [3.8, 4) is 28.4 Å². The van der Waals surface area contributed by atoms with Crippen molar-refractivity contribution in [1.29, 1.82) is 0 Å². The molecule has 3 aromatic rings. The second-order valence-corrected chi connectivity index (χ2v) is 9.48. The lowest BCUT2D eigenvalue weighted by Gasteiger charge is -2.23. The molecule has 0 saturated carbocycles. The standard InChI is InChI=1S/C32H37NO6/c1-3-18-33(22-24-9-8-10-28(20-24)37-19-7-5-6-11-31(34)36-4-2)32(35)26-14-12-25(13-15-26)27-16-17-29-30(21-27)39-23-38-29/h8-10,12-17,20-21H,3-7,11,18-19,22-23H2,1-2H3. The lowest BCUT2D eigenvalue weighted by atomic mass is 10.0. The van der Waals surface area contributed by atoms with Crippen LogP contribution in [0.1, 0.15) is 61.9 Å². The SMILES string of the molecule is CCCN(Cc1cccc(OCCCCCC(=O)OCC)c1)C(=O)c1ccc(-c2ccc3c(c2)OCO3)cc1. The number of fused-ring (bicyclic) bond motifs is 1. The summed E-state index contributed by atoms with van der Waals surface area (Å²) in [5.41, 5.74) is 3.70. The molecule has 0 bridgehead atoms. The summed E-state index contributed by atoms with van der Waals surface area (Å²) in [4.78, 5) is 26.7. The first-order valence-corrected chi connectivity index (χ1v) is 13.7. The normalized spacial score (nSPS) is 11.7. The molecule has 0 atom stereocenters. The maximum absolute atomic E-state index is 13.4. The van der Waals surface area contributed by atoms with Gasteiger partial charge in [-0.2, -0.15) is 0 Å². The Kier molecular flexibility index (Phi) is 10.2. The minimum absolute atomic E-state index is 0.00186. The highest BCUT2D eigenvalue weighted by atomic mass is 16.7. The summed E-state index contributed by atoms with van der Waals surface area (Å²) in [6.45, 7) is 6.31. The van der Waals surface area contributed by atoms with Gasteiger partial charge < -0.3 is 23.8 Å². The Labute approximate surface area is 230 Å². The molecule has 1 aliphatic rings. The van der Waals surface area contributed by atoms with Crippen LogP contribution >= 0.6 is 0 Å². The lowest BCUT2D eigenvalue weighted by molar-refractivity contribution is -0.143. The number of hydrogen-bond acceptors (Lipinski definition) is 6. The fourth-order valence-electron chi connectivity index (χ4n) is 4.51. The van der Waals surface area contributed by atoms with Gasteiger partial charge in [-0.05, 0) is 85.7 Å². The van der Waals surface area contributed by atoms with Crippen LogP contribution in [0.3, 0.4) is 0 Å². The summed E-state index contributed by atoms with van der Waals surface area (Å²) < 4.78 is 21.8. The van der Waals surface area contributed by atoms with E-state index in [0.29, 0.717) is 38.3 Å². The van der Waals surface area contributed by atoms with Gasteiger partial charge in [-0.1, -0.05) is 37.3 Å². The van der Waals surface area contributed by atoms with E-state index in [9.17, 15) is 9.59 Å². The molecular weight excluding hydrogens is 494 g/mol. The number of nitrogens with zero attached hydrogens (tertiary/aromatic N) is 1. The van der Waals surface area contributed by atoms with Crippen LogP contribution in [0.15, 0.2) is 66.7 Å². The number of carbonyl (C=O) groups is 2. The second kappa shape index (κ2) is 14.2.